The summed E-state index contributed by atoms with van der Waals surface area (Å²) in [4.78, 5) is 46.0. The summed E-state index contributed by atoms with van der Waals surface area (Å²) in [5, 5.41) is 5.93. The van der Waals surface area contributed by atoms with Gasteiger partial charge in [0.05, 0.1) is 23.6 Å². The molecule has 0 saturated carbocycles. The lowest BCUT2D eigenvalue weighted by atomic mass is 10.1. The average Bonchev–Trinajstić information content (AvgIpc) is 2.85. The second-order valence-electron chi connectivity index (χ2n) is 8.97. The smallest absolute Gasteiger partial charge is 0.323 e. The number of carbonyl (C=O) groups excluding carboxylic acids is 2. The number of anilines is 1. The summed E-state index contributed by atoms with van der Waals surface area (Å²) >= 11 is 0. The fourth-order valence-corrected chi connectivity index (χ4v) is 3.72. The van der Waals surface area contributed by atoms with Gasteiger partial charge in [0, 0.05) is 30.9 Å². The quantitative estimate of drug-likeness (QED) is 0.583. The predicted octanol–water partition coefficient (Wildman–Crippen LogP) is 1.11. The summed E-state index contributed by atoms with van der Waals surface area (Å²) in [7, 11) is 0. The van der Waals surface area contributed by atoms with Crippen molar-refractivity contribution < 1.29 is 9.59 Å². The first kappa shape index (κ1) is 22.0. The number of rotatable bonds is 5. The number of nitrogens with one attached hydrogen (secondary N) is 4. The van der Waals surface area contributed by atoms with Gasteiger partial charge in [-0.2, -0.15) is 0 Å². The molecule has 0 aliphatic carbocycles. The largest absolute Gasteiger partial charge is 0.350 e. The minimum atomic E-state index is -0.297. The highest BCUT2D eigenvalue weighted by Gasteiger charge is 2.25. The van der Waals surface area contributed by atoms with E-state index in [2.05, 4.69) is 30.4 Å². The highest BCUT2D eigenvalue weighted by molar-refractivity contribution is 5.96. The van der Waals surface area contributed by atoms with Crippen LogP contribution in [0.15, 0.2) is 23.0 Å². The van der Waals surface area contributed by atoms with Crippen LogP contribution in [0.3, 0.4) is 0 Å². The zero-order valence-corrected chi connectivity index (χ0v) is 18.2. The van der Waals surface area contributed by atoms with Crippen LogP contribution in [-0.2, 0) is 9.59 Å². The maximum Gasteiger partial charge on any atom is 0.323 e. The number of hydrogen-bond donors (Lipinski definition) is 4. The molecular weight excluding hydrogens is 384 g/mol. The predicted molar refractivity (Wildman–Crippen MR) is 118 cm³/mol. The normalized spacial score (nSPS) is 17.5. The molecule has 0 spiro atoms. The Kier molecular flexibility index (Phi) is 6.62. The third kappa shape index (κ3) is 5.93. The van der Waals surface area contributed by atoms with Gasteiger partial charge in [-0.05, 0) is 58.9 Å². The van der Waals surface area contributed by atoms with Gasteiger partial charge in [0.15, 0.2) is 0 Å². The molecule has 2 amide bonds. The summed E-state index contributed by atoms with van der Waals surface area (Å²) < 4.78 is 0. The van der Waals surface area contributed by atoms with E-state index < -0.39 is 0 Å². The number of amides is 2. The molecule has 1 aliphatic heterocycles. The van der Waals surface area contributed by atoms with Crippen molar-refractivity contribution in [3.63, 3.8) is 0 Å². The van der Waals surface area contributed by atoms with E-state index in [1.807, 2.05) is 27.7 Å². The summed E-state index contributed by atoms with van der Waals surface area (Å²) in [5.41, 5.74) is 1.49. The van der Waals surface area contributed by atoms with Crippen LogP contribution in [0, 0.1) is 0 Å². The van der Waals surface area contributed by atoms with E-state index in [0.717, 1.165) is 32.6 Å². The van der Waals surface area contributed by atoms with E-state index in [4.69, 9.17) is 0 Å². The van der Waals surface area contributed by atoms with Crippen LogP contribution in [0.25, 0.3) is 11.0 Å². The van der Waals surface area contributed by atoms with Gasteiger partial charge in [-0.3, -0.25) is 19.4 Å². The van der Waals surface area contributed by atoms with Crippen molar-refractivity contribution in [1.82, 2.24) is 25.1 Å². The Balaban J connectivity index is 1.54. The van der Waals surface area contributed by atoms with Crippen molar-refractivity contribution in [3.05, 3.63) is 28.7 Å². The number of H-pyrrole nitrogens is 2. The maximum atomic E-state index is 12.8. The molecule has 30 heavy (non-hydrogen) atoms. The fraction of sp³-hybridized carbons (Fsp3) is 0.571. The monoisotopic (exact) mass is 416 g/mol. The number of aromatic amines is 2. The lowest BCUT2D eigenvalue weighted by molar-refractivity contribution is -0.124. The molecule has 1 aliphatic rings. The third-order valence-corrected chi connectivity index (χ3v) is 5.22. The molecule has 3 rings (SSSR count). The topological polar surface area (TPSA) is 113 Å². The lowest BCUT2D eigenvalue weighted by Crippen LogP contribution is -2.47. The van der Waals surface area contributed by atoms with E-state index in [0.29, 0.717) is 23.3 Å². The number of carbonyl (C=O) groups is 2. The van der Waals surface area contributed by atoms with Gasteiger partial charge < -0.3 is 20.6 Å². The van der Waals surface area contributed by atoms with Gasteiger partial charge in [0.1, 0.15) is 0 Å². The van der Waals surface area contributed by atoms with Crippen LogP contribution in [-0.4, -0.2) is 75.9 Å². The molecule has 1 fully saturated rings. The molecule has 2 aromatic rings. The fourth-order valence-electron chi connectivity index (χ4n) is 3.72. The van der Waals surface area contributed by atoms with Crippen LogP contribution in [0.5, 0.6) is 0 Å². The van der Waals surface area contributed by atoms with E-state index >= 15 is 0 Å². The molecule has 1 aromatic heterocycles. The molecule has 9 heteroatoms. The number of aromatic nitrogens is 2. The molecule has 1 unspecified atom stereocenters. The van der Waals surface area contributed by atoms with E-state index in [-0.39, 0.29) is 29.1 Å². The maximum absolute atomic E-state index is 12.8. The Morgan fingerprint density at radius 3 is 2.57 bits per heavy atom. The van der Waals surface area contributed by atoms with E-state index in [9.17, 15) is 14.4 Å². The molecule has 2 heterocycles. The molecule has 9 nitrogen and oxygen atoms in total. The van der Waals surface area contributed by atoms with Gasteiger partial charge in [-0.1, -0.05) is 0 Å². The Morgan fingerprint density at radius 2 is 1.83 bits per heavy atom. The van der Waals surface area contributed by atoms with Gasteiger partial charge in [0.25, 0.3) is 0 Å². The van der Waals surface area contributed by atoms with Crippen molar-refractivity contribution in [3.8, 4) is 0 Å². The van der Waals surface area contributed by atoms with Gasteiger partial charge in [-0.25, -0.2) is 4.79 Å². The van der Waals surface area contributed by atoms with Gasteiger partial charge in [-0.15, -0.1) is 0 Å². The minimum absolute atomic E-state index is 0.0277. The highest BCUT2D eigenvalue weighted by atomic mass is 16.2. The Labute approximate surface area is 176 Å². The number of hydrogen-bond acceptors (Lipinski definition) is 5. The van der Waals surface area contributed by atoms with Crippen molar-refractivity contribution in [2.24, 2.45) is 0 Å². The van der Waals surface area contributed by atoms with Crippen molar-refractivity contribution in [2.75, 3.05) is 38.0 Å². The summed E-state index contributed by atoms with van der Waals surface area (Å²) in [6, 6.07) is 4.99. The molecule has 1 saturated heterocycles. The number of imidazole rings is 1. The molecule has 0 radical (unpaired) electrons. The van der Waals surface area contributed by atoms with Crippen molar-refractivity contribution in [1.29, 1.82) is 0 Å². The van der Waals surface area contributed by atoms with Crippen LogP contribution in [0.4, 0.5) is 5.69 Å². The second kappa shape index (κ2) is 9.01. The molecule has 164 valence electrons. The van der Waals surface area contributed by atoms with Crippen LogP contribution in [0.1, 0.15) is 34.1 Å². The summed E-state index contributed by atoms with van der Waals surface area (Å²) in [6.07, 6.45) is 0.900. The van der Waals surface area contributed by atoms with Gasteiger partial charge >= 0.3 is 5.69 Å². The van der Waals surface area contributed by atoms with Crippen LogP contribution in [0.2, 0.25) is 0 Å². The first-order chi connectivity index (χ1) is 14.1. The highest BCUT2D eigenvalue weighted by Crippen LogP contribution is 2.16. The van der Waals surface area contributed by atoms with Gasteiger partial charge in [0.2, 0.25) is 11.8 Å². The molecule has 1 aromatic carbocycles. The average molecular weight is 417 g/mol. The van der Waals surface area contributed by atoms with Crippen LogP contribution < -0.4 is 16.3 Å². The standard InChI is InChI=1S/C21H32N6O3/c1-14(19(29)22-15-6-7-16-17(12-15)24-20(30)23-16)27-9-5-8-26(10-11-27)13-18(28)25-21(2,3)4/h6-7,12,14H,5,8-11,13H2,1-4H3,(H,22,29)(H,25,28)(H2,23,24,30). The number of benzene rings is 1. The zero-order chi connectivity index (χ0) is 21.9. The number of nitrogens with zero attached hydrogens (tertiary/aromatic N) is 2. The Bertz CT molecular complexity index is 958. The second-order valence-corrected chi connectivity index (χ2v) is 8.97. The zero-order valence-electron chi connectivity index (χ0n) is 18.2. The first-order valence-electron chi connectivity index (χ1n) is 10.4. The first-order valence-corrected chi connectivity index (χ1v) is 10.4. The van der Waals surface area contributed by atoms with E-state index in [1.54, 1.807) is 18.2 Å². The van der Waals surface area contributed by atoms with Crippen molar-refractivity contribution >= 4 is 28.5 Å². The Morgan fingerprint density at radius 1 is 1.10 bits per heavy atom. The SMILES string of the molecule is CC(C(=O)Nc1ccc2[nH]c(=O)[nH]c2c1)N1CCCN(CC(=O)NC(C)(C)C)CC1. The summed E-state index contributed by atoms with van der Waals surface area (Å²) in [6.45, 7) is 11.3. The molecular formula is C21H32N6O3. The third-order valence-electron chi connectivity index (χ3n) is 5.22. The van der Waals surface area contributed by atoms with Crippen molar-refractivity contribution in [2.45, 2.75) is 45.7 Å². The molecule has 0 bridgehead atoms. The van der Waals surface area contributed by atoms with E-state index in [1.165, 1.54) is 0 Å². The Hall–Kier alpha value is -2.65. The lowest BCUT2D eigenvalue weighted by Gasteiger charge is -2.27. The molecule has 1 atom stereocenters. The van der Waals surface area contributed by atoms with Crippen LogP contribution >= 0.6 is 0 Å². The minimum Gasteiger partial charge on any atom is -0.350 e. The molecule has 4 N–H and O–H groups in total. The number of fused-ring (bicyclic) bond motifs is 1. The summed E-state index contributed by atoms with van der Waals surface area (Å²) in [5.74, 6) is -0.0638.